The Labute approximate surface area is 109 Å². The lowest BCUT2D eigenvalue weighted by Gasteiger charge is -2.09. The third-order valence-electron chi connectivity index (χ3n) is 2.53. The molecule has 0 aliphatic carbocycles. The standard InChI is InChI=1S/C12H16BrNO3/c1-3-4-10(13)7-9-5-6-11(17-2)8-12(9)14(15)16/h5-6,8,10H,3-4,7H2,1-2H3. The van der Waals surface area contributed by atoms with E-state index in [0.29, 0.717) is 12.2 Å². The fraction of sp³-hybridized carbons (Fsp3) is 0.500. The van der Waals surface area contributed by atoms with Gasteiger partial charge in [-0.3, -0.25) is 10.1 Å². The summed E-state index contributed by atoms with van der Waals surface area (Å²) < 4.78 is 5.00. The van der Waals surface area contributed by atoms with Crippen LogP contribution in [-0.2, 0) is 6.42 Å². The summed E-state index contributed by atoms with van der Waals surface area (Å²) in [6, 6.07) is 5.00. The van der Waals surface area contributed by atoms with E-state index in [1.165, 1.54) is 13.2 Å². The Morgan fingerprint density at radius 1 is 1.53 bits per heavy atom. The predicted molar refractivity (Wildman–Crippen MR) is 71.0 cm³/mol. The van der Waals surface area contributed by atoms with Gasteiger partial charge in [0.1, 0.15) is 5.75 Å². The molecule has 0 bridgehead atoms. The van der Waals surface area contributed by atoms with Gasteiger partial charge in [0.25, 0.3) is 5.69 Å². The lowest BCUT2D eigenvalue weighted by Crippen LogP contribution is -2.05. The number of alkyl halides is 1. The van der Waals surface area contributed by atoms with Crippen LogP contribution < -0.4 is 4.74 Å². The van der Waals surface area contributed by atoms with E-state index < -0.39 is 0 Å². The van der Waals surface area contributed by atoms with Gasteiger partial charge in [-0.15, -0.1) is 0 Å². The molecule has 0 fully saturated rings. The van der Waals surface area contributed by atoms with Gasteiger partial charge in [0, 0.05) is 10.4 Å². The summed E-state index contributed by atoms with van der Waals surface area (Å²) in [4.78, 5) is 10.9. The summed E-state index contributed by atoms with van der Waals surface area (Å²) in [7, 11) is 1.50. The van der Waals surface area contributed by atoms with E-state index >= 15 is 0 Å². The monoisotopic (exact) mass is 301 g/mol. The van der Waals surface area contributed by atoms with Crippen LogP contribution in [-0.4, -0.2) is 16.9 Å². The first-order valence-corrected chi connectivity index (χ1v) is 6.45. The average molecular weight is 302 g/mol. The topological polar surface area (TPSA) is 52.4 Å². The molecule has 17 heavy (non-hydrogen) atoms. The van der Waals surface area contributed by atoms with Crippen molar-refractivity contribution >= 4 is 21.6 Å². The molecule has 94 valence electrons. The summed E-state index contributed by atoms with van der Waals surface area (Å²) in [5.74, 6) is 0.516. The Balaban J connectivity index is 2.94. The van der Waals surface area contributed by atoms with Gasteiger partial charge in [0.05, 0.1) is 18.1 Å². The molecule has 0 spiro atoms. The highest BCUT2D eigenvalue weighted by Crippen LogP contribution is 2.27. The number of nitrogens with zero attached hydrogens (tertiary/aromatic N) is 1. The van der Waals surface area contributed by atoms with Crippen LogP contribution in [0.4, 0.5) is 5.69 Å². The molecule has 4 nitrogen and oxygen atoms in total. The fourth-order valence-electron chi connectivity index (χ4n) is 1.67. The van der Waals surface area contributed by atoms with Crippen molar-refractivity contribution in [2.75, 3.05) is 7.11 Å². The average Bonchev–Trinajstić information content (AvgIpc) is 2.29. The molecule has 5 heteroatoms. The van der Waals surface area contributed by atoms with Crippen LogP contribution in [0.25, 0.3) is 0 Å². The van der Waals surface area contributed by atoms with E-state index in [2.05, 4.69) is 22.9 Å². The molecule has 0 saturated carbocycles. The number of nitro benzene ring substituents is 1. The zero-order valence-corrected chi connectivity index (χ0v) is 11.6. The minimum atomic E-state index is -0.358. The van der Waals surface area contributed by atoms with Gasteiger partial charge in [0.2, 0.25) is 0 Å². The van der Waals surface area contributed by atoms with Crippen LogP contribution in [0.15, 0.2) is 18.2 Å². The maximum Gasteiger partial charge on any atom is 0.276 e. The quantitative estimate of drug-likeness (QED) is 0.457. The number of ether oxygens (including phenoxy) is 1. The molecule has 0 radical (unpaired) electrons. The van der Waals surface area contributed by atoms with E-state index in [0.717, 1.165) is 18.4 Å². The summed E-state index contributed by atoms with van der Waals surface area (Å²) >= 11 is 3.54. The number of hydrogen-bond acceptors (Lipinski definition) is 3. The Kier molecular flexibility index (Phi) is 5.41. The van der Waals surface area contributed by atoms with Crippen LogP contribution in [0.5, 0.6) is 5.75 Å². The second-order valence-electron chi connectivity index (χ2n) is 3.84. The van der Waals surface area contributed by atoms with Crippen molar-refractivity contribution in [3.8, 4) is 5.75 Å². The summed E-state index contributed by atoms with van der Waals surface area (Å²) in [5.41, 5.74) is 0.871. The normalized spacial score (nSPS) is 12.2. The summed E-state index contributed by atoms with van der Waals surface area (Å²) in [5, 5.41) is 11.0. The van der Waals surface area contributed by atoms with Gasteiger partial charge < -0.3 is 4.74 Å². The molecule has 1 atom stereocenters. The maximum absolute atomic E-state index is 11.0. The van der Waals surface area contributed by atoms with Gasteiger partial charge in [-0.25, -0.2) is 0 Å². The lowest BCUT2D eigenvalue weighted by atomic mass is 10.1. The lowest BCUT2D eigenvalue weighted by molar-refractivity contribution is -0.385. The van der Waals surface area contributed by atoms with Gasteiger partial charge >= 0.3 is 0 Å². The molecule has 0 aliphatic heterocycles. The Morgan fingerprint density at radius 2 is 2.24 bits per heavy atom. The van der Waals surface area contributed by atoms with Crippen LogP contribution >= 0.6 is 15.9 Å². The first kappa shape index (κ1) is 14.0. The molecular formula is C12H16BrNO3. The molecule has 0 aromatic heterocycles. The summed E-state index contributed by atoms with van der Waals surface area (Å²) in [6.07, 6.45) is 2.72. The molecule has 1 unspecified atom stereocenters. The van der Waals surface area contributed by atoms with Crippen molar-refractivity contribution in [3.05, 3.63) is 33.9 Å². The largest absolute Gasteiger partial charge is 0.497 e. The van der Waals surface area contributed by atoms with E-state index in [1.807, 2.05) is 0 Å². The molecule has 1 rings (SSSR count). The van der Waals surface area contributed by atoms with E-state index in [9.17, 15) is 10.1 Å². The van der Waals surface area contributed by atoms with Gasteiger partial charge in [0.15, 0.2) is 0 Å². The maximum atomic E-state index is 11.0. The first-order valence-electron chi connectivity index (χ1n) is 5.53. The van der Waals surface area contributed by atoms with E-state index in [1.54, 1.807) is 12.1 Å². The molecule has 0 aliphatic rings. The van der Waals surface area contributed by atoms with Crippen molar-refractivity contribution in [3.63, 3.8) is 0 Å². The molecule has 1 aromatic rings. The summed E-state index contributed by atoms with van der Waals surface area (Å²) in [6.45, 7) is 2.09. The third kappa shape index (κ3) is 4.00. The van der Waals surface area contributed by atoms with Crippen molar-refractivity contribution in [1.29, 1.82) is 0 Å². The van der Waals surface area contributed by atoms with Crippen molar-refractivity contribution in [1.82, 2.24) is 0 Å². The molecule has 0 heterocycles. The first-order chi connectivity index (χ1) is 8.08. The van der Waals surface area contributed by atoms with Crippen LogP contribution in [0.1, 0.15) is 25.3 Å². The van der Waals surface area contributed by atoms with Gasteiger partial charge in [-0.05, 0) is 25.0 Å². The van der Waals surface area contributed by atoms with E-state index in [4.69, 9.17) is 4.74 Å². The molecule has 0 saturated heterocycles. The number of nitro groups is 1. The fourth-order valence-corrected chi connectivity index (χ4v) is 2.47. The van der Waals surface area contributed by atoms with E-state index in [-0.39, 0.29) is 15.4 Å². The number of hydrogen-bond donors (Lipinski definition) is 0. The zero-order chi connectivity index (χ0) is 12.8. The zero-order valence-electron chi connectivity index (χ0n) is 9.98. The van der Waals surface area contributed by atoms with Crippen molar-refractivity contribution in [2.24, 2.45) is 0 Å². The highest BCUT2D eigenvalue weighted by molar-refractivity contribution is 9.09. The molecule has 0 N–H and O–H groups in total. The second kappa shape index (κ2) is 6.59. The highest BCUT2D eigenvalue weighted by Gasteiger charge is 2.17. The third-order valence-corrected chi connectivity index (χ3v) is 3.31. The Bertz CT molecular complexity index is 395. The SMILES string of the molecule is CCCC(Br)Cc1ccc(OC)cc1[N+](=O)[O-]. The van der Waals surface area contributed by atoms with Gasteiger partial charge in [-0.1, -0.05) is 29.3 Å². The smallest absolute Gasteiger partial charge is 0.276 e. The minimum Gasteiger partial charge on any atom is -0.497 e. The second-order valence-corrected chi connectivity index (χ2v) is 5.14. The minimum absolute atomic E-state index is 0.130. The number of halogens is 1. The molecular weight excluding hydrogens is 286 g/mol. The number of rotatable bonds is 6. The number of methoxy groups -OCH3 is 1. The van der Waals surface area contributed by atoms with Crippen LogP contribution in [0.2, 0.25) is 0 Å². The Morgan fingerprint density at radius 3 is 2.76 bits per heavy atom. The molecule has 1 aromatic carbocycles. The van der Waals surface area contributed by atoms with Crippen molar-refractivity contribution in [2.45, 2.75) is 31.0 Å². The van der Waals surface area contributed by atoms with Crippen molar-refractivity contribution < 1.29 is 9.66 Å². The highest BCUT2D eigenvalue weighted by atomic mass is 79.9. The number of benzene rings is 1. The predicted octanol–water partition coefficient (Wildman–Crippen LogP) is 3.71. The molecule has 0 amide bonds. The Hall–Kier alpha value is -1.10. The van der Waals surface area contributed by atoms with Crippen LogP contribution in [0, 0.1) is 10.1 Å². The van der Waals surface area contributed by atoms with Gasteiger partial charge in [-0.2, -0.15) is 0 Å². The van der Waals surface area contributed by atoms with Crippen LogP contribution in [0.3, 0.4) is 0 Å².